The van der Waals surface area contributed by atoms with Gasteiger partial charge in [0.2, 0.25) is 17.9 Å². The van der Waals surface area contributed by atoms with Gasteiger partial charge in [-0.1, -0.05) is 35.0 Å². The molecule has 0 bridgehead atoms. The Labute approximate surface area is 306 Å². The van der Waals surface area contributed by atoms with Gasteiger partial charge in [0.1, 0.15) is 18.6 Å². The van der Waals surface area contributed by atoms with Gasteiger partial charge in [0.25, 0.3) is 11.8 Å². The number of anilines is 2. The molecule has 1 saturated heterocycles. The van der Waals surface area contributed by atoms with Crippen molar-refractivity contribution < 1.29 is 48.2 Å². The third-order valence-corrected chi connectivity index (χ3v) is 9.68. The summed E-state index contributed by atoms with van der Waals surface area (Å²) in [5.74, 6) is -5.08. The predicted molar refractivity (Wildman–Crippen MR) is 188 cm³/mol. The third-order valence-electron chi connectivity index (χ3n) is 9.38. The van der Waals surface area contributed by atoms with Gasteiger partial charge in [0.05, 0.1) is 16.3 Å². The van der Waals surface area contributed by atoms with Gasteiger partial charge < -0.3 is 40.8 Å². The van der Waals surface area contributed by atoms with E-state index in [0.29, 0.717) is 16.8 Å². The number of amides is 4. The molecule has 3 aromatic carbocycles. The molecule has 0 unspecified atom stereocenters. The van der Waals surface area contributed by atoms with Gasteiger partial charge in [-0.25, -0.2) is 9.18 Å². The molecule has 0 aliphatic carbocycles. The molecule has 3 aromatic rings. The fraction of sp³-hybridized carbons (Fsp3) is 0.306. The predicted octanol–water partition coefficient (Wildman–Crippen LogP) is 2.80. The van der Waals surface area contributed by atoms with Gasteiger partial charge in [0, 0.05) is 49.4 Å². The highest BCUT2D eigenvalue weighted by Crippen LogP contribution is 2.38. The number of hydrogen-bond donors (Lipinski definition) is 4. The number of oxime groups is 1. The Hall–Kier alpha value is -5.87. The number of carbonyl (C=O) groups excluding carboxylic acids is 4. The SMILES string of the molecule is N[C@@H](CCC(=O)N1CCN(c2cccc3c2CCN(C(=O)[C@H]2CC(c4cccc(Cl)c4F)=NO2)[C@@H]3C(=O)Nc2ccc(C(=O)O)cc2)C(=O)C1)C(=O)O. The van der Waals surface area contributed by atoms with Crippen LogP contribution in [0.25, 0.3) is 0 Å². The summed E-state index contributed by atoms with van der Waals surface area (Å²) in [5.41, 5.74) is 7.62. The van der Waals surface area contributed by atoms with Crippen molar-refractivity contribution in [1.29, 1.82) is 0 Å². The number of nitrogens with zero attached hydrogens (tertiary/aromatic N) is 4. The van der Waals surface area contributed by atoms with Crippen LogP contribution < -0.4 is 16.0 Å². The van der Waals surface area contributed by atoms with Crippen molar-refractivity contribution in [1.82, 2.24) is 9.80 Å². The van der Waals surface area contributed by atoms with Gasteiger partial charge in [-0.05, 0) is 66.4 Å². The van der Waals surface area contributed by atoms with Crippen LogP contribution in [0, 0.1) is 5.82 Å². The van der Waals surface area contributed by atoms with Crippen molar-refractivity contribution in [2.75, 3.05) is 36.4 Å². The molecule has 3 heterocycles. The van der Waals surface area contributed by atoms with Crippen LogP contribution in [0.2, 0.25) is 5.02 Å². The molecule has 276 valence electrons. The topological polar surface area (TPSA) is 212 Å². The second kappa shape index (κ2) is 15.4. The molecule has 1 fully saturated rings. The molecule has 15 nitrogen and oxygen atoms in total. The molecule has 3 aliphatic heterocycles. The largest absolute Gasteiger partial charge is 0.480 e. The van der Waals surface area contributed by atoms with Gasteiger partial charge in [-0.3, -0.25) is 24.0 Å². The summed E-state index contributed by atoms with van der Waals surface area (Å²) in [5, 5.41) is 24.9. The average Bonchev–Trinajstić information content (AvgIpc) is 3.64. The van der Waals surface area contributed by atoms with Crippen molar-refractivity contribution in [2.24, 2.45) is 10.9 Å². The van der Waals surface area contributed by atoms with E-state index in [9.17, 15) is 38.3 Å². The smallest absolute Gasteiger partial charge is 0.335 e. The average molecular weight is 749 g/mol. The summed E-state index contributed by atoms with van der Waals surface area (Å²) in [6.07, 6.45) is -1.25. The number of hydrogen-bond acceptors (Lipinski definition) is 9. The summed E-state index contributed by atoms with van der Waals surface area (Å²) in [7, 11) is 0. The van der Waals surface area contributed by atoms with E-state index < -0.39 is 59.6 Å². The van der Waals surface area contributed by atoms with Gasteiger partial charge >= 0.3 is 11.9 Å². The number of benzene rings is 3. The number of piperazine rings is 1. The first-order valence-electron chi connectivity index (χ1n) is 16.6. The summed E-state index contributed by atoms with van der Waals surface area (Å²) < 4.78 is 14.8. The maximum Gasteiger partial charge on any atom is 0.335 e. The maximum atomic E-state index is 14.8. The number of halogens is 2. The lowest BCUT2D eigenvalue weighted by Gasteiger charge is -2.40. The number of aliphatic carboxylic acids is 1. The van der Waals surface area contributed by atoms with E-state index in [0.717, 1.165) is 0 Å². The molecule has 3 atom stereocenters. The highest BCUT2D eigenvalue weighted by Gasteiger charge is 2.43. The molecule has 6 rings (SSSR count). The quantitative estimate of drug-likeness (QED) is 0.238. The number of carboxylic acids is 2. The molecular weight excluding hydrogens is 715 g/mol. The van der Waals surface area contributed by atoms with Gasteiger partial charge in [0.15, 0.2) is 5.82 Å². The summed E-state index contributed by atoms with van der Waals surface area (Å²) in [4.78, 5) is 86.6. The Balaban J connectivity index is 1.26. The zero-order valence-corrected chi connectivity index (χ0v) is 28.8. The van der Waals surface area contributed by atoms with E-state index in [-0.39, 0.29) is 79.4 Å². The highest BCUT2D eigenvalue weighted by atomic mass is 35.5. The third kappa shape index (κ3) is 7.68. The zero-order chi connectivity index (χ0) is 38.0. The highest BCUT2D eigenvalue weighted by molar-refractivity contribution is 6.31. The Morgan fingerprint density at radius 2 is 1.75 bits per heavy atom. The number of fused-ring (bicyclic) bond motifs is 1. The van der Waals surface area contributed by atoms with Crippen molar-refractivity contribution in [2.45, 2.75) is 43.9 Å². The van der Waals surface area contributed by atoms with Crippen LogP contribution in [0.3, 0.4) is 0 Å². The molecule has 53 heavy (non-hydrogen) atoms. The van der Waals surface area contributed by atoms with Crippen LogP contribution in [0.1, 0.15) is 52.4 Å². The molecule has 0 radical (unpaired) electrons. The van der Waals surface area contributed by atoms with Gasteiger partial charge in [-0.15, -0.1) is 0 Å². The number of carbonyl (C=O) groups is 6. The second-order valence-electron chi connectivity index (χ2n) is 12.7. The molecule has 0 spiro atoms. The molecule has 4 amide bonds. The number of nitrogens with one attached hydrogen (secondary N) is 1. The minimum atomic E-state index is -1.24. The summed E-state index contributed by atoms with van der Waals surface area (Å²) in [6.45, 7) is 0.0693. The molecule has 5 N–H and O–H groups in total. The fourth-order valence-corrected chi connectivity index (χ4v) is 6.79. The first-order valence-corrected chi connectivity index (χ1v) is 17.0. The molecule has 0 saturated carbocycles. The van der Waals surface area contributed by atoms with E-state index in [2.05, 4.69) is 10.5 Å². The zero-order valence-electron chi connectivity index (χ0n) is 28.0. The van der Waals surface area contributed by atoms with E-state index >= 15 is 0 Å². The molecule has 17 heteroatoms. The molecular formula is C36H34ClFN6O9. The lowest BCUT2D eigenvalue weighted by molar-refractivity contribution is -0.148. The number of aromatic carboxylic acids is 1. The van der Waals surface area contributed by atoms with Crippen LogP contribution in [0.5, 0.6) is 0 Å². The lowest BCUT2D eigenvalue weighted by Crippen LogP contribution is -2.53. The second-order valence-corrected chi connectivity index (χ2v) is 13.1. The minimum Gasteiger partial charge on any atom is -0.480 e. The van der Waals surface area contributed by atoms with Crippen LogP contribution >= 0.6 is 11.6 Å². The van der Waals surface area contributed by atoms with E-state index in [1.54, 1.807) is 24.3 Å². The Bertz CT molecular complexity index is 2030. The standard InChI is InChI=1S/C36H34ClFN6O9/c37-24-5-1-4-23(31(24)38)26-17-28(53-41-26)34(48)44-14-13-21-22(32(44)33(47)40-20-9-7-19(8-10-20)35(49)50)3-2-6-27(21)43-16-15-42(18-30(43)46)29(45)12-11-25(39)36(51)52/h1-10,25,28,32H,11-18,39H2,(H,40,47)(H,49,50)(H,51,52)/t25-,28+,32-/m0/s1. The Kier molecular flexibility index (Phi) is 10.7. The molecule has 0 aromatic heterocycles. The summed E-state index contributed by atoms with van der Waals surface area (Å²) in [6, 6.07) is 12.5. The molecule has 3 aliphatic rings. The monoisotopic (exact) mass is 748 g/mol. The lowest BCUT2D eigenvalue weighted by atomic mass is 9.89. The number of carboxylic acid groups (broad SMARTS) is 2. The summed E-state index contributed by atoms with van der Waals surface area (Å²) >= 11 is 5.95. The van der Waals surface area contributed by atoms with Crippen molar-refractivity contribution in [3.63, 3.8) is 0 Å². The maximum absolute atomic E-state index is 14.8. The van der Waals surface area contributed by atoms with E-state index in [1.165, 1.54) is 51.1 Å². The van der Waals surface area contributed by atoms with Crippen LogP contribution in [0.15, 0.2) is 65.8 Å². The Morgan fingerprint density at radius 3 is 2.45 bits per heavy atom. The minimum absolute atomic E-state index is 0.00749. The van der Waals surface area contributed by atoms with Crippen molar-refractivity contribution in [3.05, 3.63) is 93.8 Å². The van der Waals surface area contributed by atoms with Crippen molar-refractivity contribution >= 4 is 64.3 Å². The first-order chi connectivity index (χ1) is 25.3. The van der Waals surface area contributed by atoms with Crippen LogP contribution in [-0.4, -0.2) is 99.6 Å². The Morgan fingerprint density at radius 1 is 1.02 bits per heavy atom. The van der Waals surface area contributed by atoms with Crippen molar-refractivity contribution in [3.8, 4) is 0 Å². The fourth-order valence-electron chi connectivity index (χ4n) is 6.61. The van der Waals surface area contributed by atoms with E-state index in [1.807, 2.05) is 0 Å². The van der Waals surface area contributed by atoms with Crippen LogP contribution in [0.4, 0.5) is 15.8 Å². The van der Waals surface area contributed by atoms with E-state index in [4.69, 9.17) is 27.3 Å². The number of rotatable bonds is 10. The van der Waals surface area contributed by atoms with Crippen LogP contribution in [-0.2, 0) is 35.2 Å². The number of nitrogens with two attached hydrogens (primary N) is 1. The normalized spacial score (nSPS) is 18.8. The first kappa shape index (κ1) is 36.9. The van der Waals surface area contributed by atoms with Gasteiger partial charge in [-0.2, -0.15) is 0 Å².